The van der Waals surface area contributed by atoms with Gasteiger partial charge in [-0.3, -0.25) is 19.1 Å². The van der Waals surface area contributed by atoms with Crippen LogP contribution in [0.4, 0.5) is 5.69 Å². The molecule has 2 amide bonds. The maximum absolute atomic E-state index is 13.5. The average molecular weight is 584 g/mol. The van der Waals surface area contributed by atoms with E-state index in [2.05, 4.69) is 15.4 Å². The van der Waals surface area contributed by atoms with Crippen molar-refractivity contribution in [3.05, 3.63) is 29.8 Å². The van der Waals surface area contributed by atoms with Crippen LogP contribution < -0.4 is 26.8 Å². The SMILES string of the molecule is CS(=O)(=O)Nc1cccc(C[C@H](NC(=O)C2(C[C@@H](CNC(=O)[C@@H](N)CCCCN)C(=O)O)CCCC2)C(=O)O)c1. The van der Waals surface area contributed by atoms with Gasteiger partial charge in [0.1, 0.15) is 6.04 Å². The fourth-order valence-corrected chi connectivity index (χ4v) is 5.57. The van der Waals surface area contributed by atoms with Crippen molar-refractivity contribution in [2.45, 2.75) is 69.9 Å². The van der Waals surface area contributed by atoms with Gasteiger partial charge in [-0.15, -0.1) is 0 Å². The molecule has 40 heavy (non-hydrogen) atoms. The average Bonchev–Trinajstić information content (AvgIpc) is 3.35. The van der Waals surface area contributed by atoms with Crippen LogP contribution in [0.2, 0.25) is 0 Å². The van der Waals surface area contributed by atoms with E-state index < -0.39 is 57.2 Å². The van der Waals surface area contributed by atoms with Crippen molar-refractivity contribution < 1.29 is 37.8 Å². The summed E-state index contributed by atoms with van der Waals surface area (Å²) in [6.45, 7) is 0.269. The van der Waals surface area contributed by atoms with E-state index in [4.69, 9.17) is 11.5 Å². The Balaban J connectivity index is 2.12. The van der Waals surface area contributed by atoms with Crippen LogP contribution in [-0.4, -0.2) is 73.8 Å². The number of nitrogens with two attached hydrogens (primary N) is 2. The van der Waals surface area contributed by atoms with Crippen LogP contribution in [-0.2, 0) is 35.6 Å². The van der Waals surface area contributed by atoms with Crippen molar-refractivity contribution in [2.24, 2.45) is 22.8 Å². The molecule has 2 rings (SSSR count). The highest BCUT2D eigenvalue weighted by Gasteiger charge is 2.45. The first-order valence-corrected chi connectivity index (χ1v) is 15.2. The quantitative estimate of drug-likeness (QED) is 0.125. The van der Waals surface area contributed by atoms with Crippen LogP contribution in [0.1, 0.15) is 56.9 Å². The molecule has 0 heterocycles. The summed E-state index contributed by atoms with van der Waals surface area (Å²) in [5.74, 6) is -4.58. The Bertz CT molecular complexity index is 1150. The van der Waals surface area contributed by atoms with E-state index in [1.807, 2.05) is 0 Å². The van der Waals surface area contributed by atoms with Gasteiger partial charge in [0.05, 0.1) is 23.6 Å². The minimum absolute atomic E-state index is 0.0725. The molecule has 1 aromatic rings. The predicted octanol–water partition coefficient (Wildman–Crippen LogP) is 0.394. The van der Waals surface area contributed by atoms with Crippen LogP contribution in [0.3, 0.4) is 0 Å². The number of carboxylic acid groups (broad SMARTS) is 2. The molecule has 1 aromatic carbocycles. The van der Waals surface area contributed by atoms with Crippen LogP contribution in [0.15, 0.2) is 24.3 Å². The lowest BCUT2D eigenvalue weighted by atomic mass is 9.76. The van der Waals surface area contributed by atoms with E-state index in [0.717, 1.165) is 12.7 Å². The second kappa shape index (κ2) is 15.0. The molecule has 0 aromatic heterocycles. The lowest BCUT2D eigenvalue weighted by molar-refractivity contribution is -0.147. The highest BCUT2D eigenvalue weighted by atomic mass is 32.2. The molecule has 14 heteroatoms. The second-order valence-corrected chi connectivity index (χ2v) is 12.3. The lowest BCUT2D eigenvalue weighted by Crippen LogP contribution is -2.50. The van der Waals surface area contributed by atoms with E-state index in [9.17, 15) is 37.8 Å². The van der Waals surface area contributed by atoms with Crippen molar-refractivity contribution in [1.29, 1.82) is 0 Å². The van der Waals surface area contributed by atoms with Crippen LogP contribution in [0.25, 0.3) is 0 Å². The summed E-state index contributed by atoms with van der Waals surface area (Å²) in [5, 5.41) is 24.8. The number of carboxylic acids is 2. The number of unbranched alkanes of at least 4 members (excludes halogenated alkanes) is 1. The molecule has 0 unspecified atom stereocenters. The molecule has 9 N–H and O–H groups in total. The third kappa shape index (κ3) is 10.4. The zero-order valence-electron chi connectivity index (χ0n) is 22.7. The second-order valence-electron chi connectivity index (χ2n) is 10.5. The zero-order chi connectivity index (χ0) is 29.9. The summed E-state index contributed by atoms with van der Waals surface area (Å²) in [4.78, 5) is 50.0. The molecule has 3 atom stereocenters. The molecule has 224 valence electrons. The summed E-state index contributed by atoms with van der Waals surface area (Å²) in [6.07, 6.45) is 4.73. The Morgan fingerprint density at radius 1 is 1.07 bits per heavy atom. The maximum atomic E-state index is 13.5. The first-order chi connectivity index (χ1) is 18.8. The van der Waals surface area contributed by atoms with Gasteiger partial charge in [0.2, 0.25) is 21.8 Å². The number of carbonyl (C=O) groups excluding carboxylic acids is 2. The van der Waals surface area contributed by atoms with Crippen molar-refractivity contribution >= 4 is 39.5 Å². The van der Waals surface area contributed by atoms with Crippen LogP contribution in [0.5, 0.6) is 0 Å². The standard InChI is InChI=1S/C26H41N5O8S/c1-40(38,39)31-19-8-6-7-17(13-19)14-21(24(35)36)30-25(37)26(10-3-4-11-26)15-18(23(33)34)16-29-22(32)20(28)9-2-5-12-27/h6-8,13,18,20-21,31H,2-5,9-12,14-16,27-28H2,1H3,(H,29,32)(H,30,37)(H,33,34)(H,35,36)/t18-,20-,21-/m0/s1. The number of carbonyl (C=O) groups is 4. The summed E-state index contributed by atoms with van der Waals surface area (Å²) < 4.78 is 25.4. The monoisotopic (exact) mass is 583 g/mol. The summed E-state index contributed by atoms with van der Waals surface area (Å²) in [7, 11) is -3.54. The van der Waals surface area contributed by atoms with Gasteiger partial charge in [-0.1, -0.05) is 31.4 Å². The number of aliphatic carboxylic acids is 2. The maximum Gasteiger partial charge on any atom is 0.326 e. The van der Waals surface area contributed by atoms with Gasteiger partial charge < -0.3 is 32.3 Å². The Morgan fingerprint density at radius 3 is 2.33 bits per heavy atom. The number of amides is 2. The minimum atomic E-state index is -3.54. The number of nitrogens with one attached hydrogen (secondary N) is 3. The third-order valence-electron chi connectivity index (χ3n) is 7.13. The minimum Gasteiger partial charge on any atom is -0.481 e. The van der Waals surface area contributed by atoms with Gasteiger partial charge in [0.15, 0.2) is 0 Å². The molecule has 1 aliphatic rings. The molecule has 0 radical (unpaired) electrons. The van der Waals surface area contributed by atoms with Gasteiger partial charge in [-0.25, -0.2) is 13.2 Å². The fraction of sp³-hybridized carbons (Fsp3) is 0.615. The molecule has 0 saturated heterocycles. The lowest BCUT2D eigenvalue weighted by Gasteiger charge is -2.32. The molecule has 13 nitrogen and oxygen atoms in total. The smallest absolute Gasteiger partial charge is 0.326 e. The molecule has 0 spiro atoms. The first-order valence-electron chi connectivity index (χ1n) is 13.3. The Labute approximate surface area is 234 Å². The molecular formula is C26H41N5O8S. The Morgan fingerprint density at radius 2 is 1.75 bits per heavy atom. The largest absolute Gasteiger partial charge is 0.481 e. The van der Waals surface area contributed by atoms with Crippen LogP contribution >= 0.6 is 0 Å². The number of anilines is 1. The third-order valence-corrected chi connectivity index (χ3v) is 7.74. The molecular weight excluding hydrogens is 542 g/mol. The van der Waals surface area contributed by atoms with Crippen LogP contribution in [0, 0.1) is 11.3 Å². The molecule has 0 bridgehead atoms. The van der Waals surface area contributed by atoms with Gasteiger partial charge >= 0.3 is 11.9 Å². The van der Waals surface area contributed by atoms with E-state index in [1.165, 1.54) is 12.1 Å². The number of benzene rings is 1. The fourth-order valence-electron chi connectivity index (χ4n) is 5.01. The Hall–Kier alpha value is -3.23. The van der Waals surface area contributed by atoms with Gasteiger partial charge in [-0.2, -0.15) is 0 Å². The summed E-state index contributed by atoms with van der Waals surface area (Å²) >= 11 is 0. The van der Waals surface area contributed by atoms with Crippen molar-refractivity contribution in [2.75, 3.05) is 24.1 Å². The Kier molecular flexibility index (Phi) is 12.3. The summed E-state index contributed by atoms with van der Waals surface area (Å²) in [6, 6.07) is 4.06. The van der Waals surface area contributed by atoms with Gasteiger partial charge in [-0.05, 0) is 56.3 Å². The normalized spacial score (nSPS) is 16.9. The molecule has 1 fully saturated rings. The molecule has 1 aliphatic carbocycles. The number of sulfonamides is 1. The predicted molar refractivity (Wildman–Crippen MR) is 149 cm³/mol. The highest BCUT2D eigenvalue weighted by molar-refractivity contribution is 7.92. The summed E-state index contributed by atoms with van der Waals surface area (Å²) in [5.41, 5.74) is 11.0. The van der Waals surface area contributed by atoms with Crippen molar-refractivity contribution in [3.63, 3.8) is 0 Å². The van der Waals surface area contributed by atoms with Gasteiger partial charge in [0.25, 0.3) is 0 Å². The number of rotatable bonds is 17. The molecule has 0 aliphatic heterocycles. The van der Waals surface area contributed by atoms with Crippen molar-refractivity contribution in [3.8, 4) is 0 Å². The van der Waals surface area contributed by atoms with E-state index >= 15 is 0 Å². The van der Waals surface area contributed by atoms with E-state index in [-0.39, 0.29) is 25.1 Å². The molecule has 1 saturated carbocycles. The first kappa shape index (κ1) is 33.0. The zero-order valence-corrected chi connectivity index (χ0v) is 23.5. The van der Waals surface area contributed by atoms with Gasteiger partial charge in [0, 0.05) is 18.7 Å². The number of hydrogen-bond donors (Lipinski definition) is 7. The number of hydrogen-bond acceptors (Lipinski definition) is 8. The topological polar surface area (TPSA) is 231 Å². The van der Waals surface area contributed by atoms with Crippen molar-refractivity contribution in [1.82, 2.24) is 10.6 Å². The van der Waals surface area contributed by atoms with E-state index in [0.29, 0.717) is 50.6 Å². The highest BCUT2D eigenvalue weighted by Crippen LogP contribution is 2.43. The van der Waals surface area contributed by atoms with E-state index in [1.54, 1.807) is 12.1 Å².